The van der Waals surface area contributed by atoms with E-state index >= 15 is 0 Å². The molecular formula is C19H28O6S2. The third kappa shape index (κ3) is 5.19. The number of thiocarbonyl (C=S) groups is 1. The molecule has 0 bridgehead atoms. The van der Waals surface area contributed by atoms with Crippen molar-refractivity contribution in [3.05, 3.63) is 23.8 Å². The van der Waals surface area contributed by atoms with E-state index in [2.05, 4.69) is 0 Å². The van der Waals surface area contributed by atoms with Crippen LogP contribution in [-0.4, -0.2) is 54.2 Å². The molecule has 1 aromatic rings. The van der Waals surface area contributed by atoms with Crippen molar-refractivity contribution >= 4 is 34.0 Å². The Morgan fingerprint density at radius 2 is 1.74 bits per heavy atom. The van der Waals surface area contributed by atoms with E-state index in [4.69, 9.17) is 31.2 Å². The van der Waals surface area contributed by atoms with E-state index in [1.54, 1.807) is 45.2 Å². The fraction of sp³-hybridized carbons (Fsp3) is 0.579. The number of carbonyl (C=O) groups excluding carboxylic acids is 1. The highest BCUT2D eigenvalue weighted by molar-refractivity contribution is 7.84. The molecule has 0 aliphatic carbocycles. The molecule has 0 saturated carbocycles. The van der Waals surface area contributed by atoms with Crippen molar-refractivity contribution in [3.63, 3.8) is 0 Å². The smallest absolute Gasteiger partial charge is 0.325 e. The van der Waals surface area contributed by atoms with Crippen LogP contribution in [0, 0.1) is 0 Å². The maximum Gasteiger partial charge on any atom is 0.325 e. The topological polar surface area (TPSA) is 71.1 Å². The maximum absolute atomic E-state index is 13.1. The number of hydrogen-bond donors (Lipinski definition) is 0. The van der Waals surface area contributed by atoms with Crippen LogP contribution in [0.1, 0.15) is 32.8 Å². The quantitative estimate of drug-likeness (QED) is 0.429. The summed E-state index contributed by atoms with van der Waals surface area (Å²) in [5.41, 5.74) is -0.833. The Labute approximate surface area is 169 Å². The minimum Gasteiger partial charge on any atom is -0.493 e. The van der Waals surface area contributed by atoms with Crippen LogP contribution in [0.5, 0.6) is 11.5 Å². The Kier molecular flexibility index (Phi) is 9.18. The molecule has 27 heavy (non-hydrogen) atoms. The summed E-state index contributed by atoms with van der Waals surface area (Å²) in [6.45, 7) is 5.81. The fourth-order valence-corrected chi connectivity index (χ4v) is 3.65. The Hall–Kier alpha value is -1.67. The SMILES string of the molecule is CCOC(=O)C(CC(C)S(C)=O)(C(=S)OCC)c1ccc(OC)c(OC)c1. The van der Waals surface area contributed by atoms with Gasteiger partial charge in [0.2, 0.25) is 0 Å². The molecule has 0 fully saturated rings. The standard InChI is InChI=1S/C19H28O6S2/c1-7-24-17(20)19(18(26)25-8-2,12-13(3)27(6)21)14-9-10-15(22-4)16(11-14)23-5/h9-11,13H,7-8,12H2,1-6H3. The second kappa shape index (κ2) is 10.6. The molecule has 8 heteroatoms. The molecule has 0 amide bonds. The number of rotatable bonds is 10. The van der Waals surface area contributed by atoms with Crippen LogP contribution in [0.25, 0.3) is 0 Å². The zero-order valence-corrected chi connectivity index (χ0v) is 18.3. The van der Waals surface area contributed by atoms with Crippen molar-refractivity contribution in [3.8, 4) is 11.5 Å². The highest BCUT2D eigenvalue weighted by Crippen LogP contribution is 2.39. The molecule has 0 aromatic heterocycles. The first kappa shape index (κ1) is 23.4. The first-order chi connectivity index (χ1) is 12.8. The molecule has 6 nitrogen and oxygen atoms in total. The molecule has 152 valence electrons. The second-order valence-electron chi connectivity index (χ2n) is 5.93. The molecular weight excluding hydrogens is 388 g/mol. The number of carbonyl (C=O) groups is 1. The van der Waals surface area contributed by atoms with Crippen LogP contribution >= 0.6 is 12.2 Å². The van der Waals surface area contributed by atoms with Crippen LogP contribution in [0.2, 0.25) is 0 Å². The highest BCUT2D eigenvalue weighted by atomic mass is 32.2. The van der Waals surface area contributed by atoms with E-state index in [-0.39, 0.29) is 23.3 Å². The minimum absolute atomic E-state index is 0.0907. The number of esters is 1. The van der Waals surface area contributed by atoms with Crippen molar-refractivity contribution in [2.45, 2.75) is 37.9 Å². The summed E-state index contributed by atoms with van der Waals surface area (Å²) >= 11 is 5.51. The summed E-state index contributed by atoms with van der Waals surface area (Å²) in [4.78, 5) is 13.1. The lowest BCUT2D eigenvalue weighted by Crippen LogP contribution is -2.48. The molecule has 0 heterocycles. The molecule has 0 N–H and O–H groups in total. The highest BCUT2D eigenvalue weighted by Gasteiger charge is 2.49. The minimum atomic E-state index is -1.38. The lowest BCUT2D eigenvalue weighted by Gasteiger charge is -2.34. The Balaban J connectivity index is 3.69. The van der Waals surface area contributed by atoms with Gasteiger partial charge in [-0.15, -0.1) is 0 Å². The molecule has 1 aromatic carbocycles. The number of methoxy groups -OCH3 is 2. The number of hydrogen-bond acceptors (Lipinski definition) is 7. The van der Waals surface area contributed by atoms with Crippen LogP contribution in [0.15, 0.2) is 18.2 Å². The molecule has 0 aliphatic rings. The predicted octanol–water partition coefficient (Wildman–Crippen LogP) is 3.03. The van der Waals surface area contributed by atoms with Gasteiger partial charge in [0.25, 0.3) is 0 Å². The zero-order chi connectivity index (χ0) is 20.6. The normalized spacial score (nSPS) is 15.2. The summed E-state index contributed by atoms with van der Waals surface area (Å²) in [6, 6.07) is 5.12. The van der Waals surface area contributed by atoms with Crippen molar-refractivity contribution in [1.29, 1.82) is 0 Å². The molecule has 3 atom stereocenters. The van der Waals surface area contributed by atoms with Gasteiger partial charge in [0, 0.05) is 22.3 Å². The summed E-state index contributed by atoms with van der Waals surface area (Å²) < 4.78 is 33.7. The molecule has 3 unspecified atom stereocenters. The van der Waals surface area contributed by atoms with Crippen molar-refractivity contribution < 1.29 is 28.0 Å². The molecule has 0 saturated heterocycles. The lowest BCUT2D eigenvalue weighted by molar-refractivity contribution is -0.148. The number of ether oxygens (including phenoxy) is 4. The van der Waals surface area contributed by atoms with Crippen molar-refractivity contribution in [2.24, 2.45) is 0 Å². The van der Waals surface area contributed by atoms with Gasteiger partial charge in [0.1, 0.15) is 0 Å². The Bertz CT molecular complexity index is 671. The van der Waals surface area contributed by atoms with Crippen molar-refractivity contribution in [1.82, 2.24) is 0 Å². The Morgan fingerprint density at radius 1 is 1.15 bits per heavy atom. The van der Waals surface area contributed by atoms with Gasteiger partial charge in [0.15, 0.2) is 22.0 Å². The lowest BCUT2D eigenvalue weighted by atomic mass is 9.76. The summed E-state index contributed by atoms with van der Waals surface area (Å²) in [7, 11) is 1.88. The molecule has 0 aliphatic heterocycles. The maximum atomic E-state index is 13.1. The van der Waals surface area contributed by atoms with Gasteiger partial charge in [-0.25, -0.2) is 0 Å². The summed E-state index contributed by atoms with van der Waals surface area (Å²) in [5, 5.41) is -0.228. The molecule has 0 spiro atoms. The van der Waals surface area contributed by atoms with E-state index in [0.717, 1.165) is 0 Å². The average molecular weight is 417 g/mol. The van der Waals surface area contributed by atoms with Gasteiger partial charge in [-0.1, -0.05) is 13.0 Å². The van der Waals surface area contributed by atoms with Gasteiger partial charge in [0.05, 0.1) is 27.4 Å². The van der Waals surface area contributed by atoms with Gasteiger partial charge < -0.3 is 18.9 Å². The monoisotopic (exact) mass is 416 g/mol. The summed E-state index contributed by atoms with van der Waals surface area (Å²) in [6.07, 6.45) is 1.78. The van der Waals surface area contributed by atoms with Crippen molar-refractivity contribution in [2.75, 3.05) is 33.7 Å². The van der Waals surface area contributed by atoms with Gasteiger partial charge in [-0.2, -0.15) is 0 Å². The first-order valence-electron chi connectivity index (χ1n) is 8.67. The van der Waals surface area contributed by atoms with Crippen LogP contribution in [0.4, 0.5) is 0 Å². The second-order valence-corrected chi connectivity index (χ2v) is 8.10. The van der Waals surface area contributed by atoms with E-state index < -0.39 is 22.2 Å². The zero-order valence-electron chi connectivity index (χ0n) is 16.7. The van der Waals surface area contributed by atoms with Crippen LogP contribution in [0.3, 0.4) is 0 Å². The van der Waals surface area contributed by atoms with Crippen LogP contribution in [-0.2, 0) is 30.5 Å². The summed E-state index contributed by atoms with van der Waals surface area (Å²) in [5.74, 6) is 0.440. The molecule has 0 radical (unpaired) electrons. The number of benzene rings is 1. The first-order valence-corrected chi connectivity index (χ1v) is 10.7. The largest absolute Gasteiger partial charge is 0.493 e. The van der Waals surface area contributed by atoms with Gasteiger partial charge >= 0.3 is 5.97 Å². The van der Waals surface area contributed by atoms with Gasteiger partial charge in [-0.05, 0) is 50.2 Å². The predicted molar refractivity (Wildman–Crippen MR) is 110 cm³/mol. The van der Waals surface area contributed by atoms with E-state index in [1.807, 2.05) is 0 Å². The average Bonchev–Trinajstić information content (AvgIpc) is 2.65. The Morgan fingerprint density at radius 3 is 2.22 bits per heavy atom. The fourth-order valence-electron chi connectivity index (χ4n) is 2.76. The third-order valence-corrected chi connectivity index (χ3v) is 6.05. The van der Waals surface area contributed by atoms with Crippen LogP contribution < -0.4 is 9.47 Å². The van der Waals surface area contributed by atoms with Gasteiger partial charge in [-0.3, -0.25) is 9.00 Å². The van der Waals surface area contributed by atoms with E-state index in [9.17, 15) is 9.00 Å². The third-order valence-electron chi connectivity index (χ3n) is 4.28. The van der Waals surface area contributed by atoms with E-state index in [0.29, 0.717) is 23.7 Å². The molecule has 1 rings (SSSR count). The van der Waals surface area contributed by atoms with E-state index in [1.165, 1.54) is 14.2 Å².